The van der Waals surface area contributed by atoms with Crippen LogP contribution in [0.4, 0.5) is 0 Å². The second-order valence-electron chi connectivity index (χ2n) is 5.05. The molecule has 0 amide bonds. The third-order valence-electron chi connectivity index (χ3n) is 3.72. The minimum Gasteiger partial charge on any atom is -0.497 e. The Hall–Kier alpha value is -2.33. The molecule has 1 N–H and O–H groups in total. The summed E-state index contributed by atoms with van der Waals surface area (Å²) in [6, 6.07) is 12.6. The van der Waals surface area contributed by atoms with Crippen molar-refractivity contribution in [2.24, 2.45) is 0 Å². The molecular weight excluding hydrogens is 280 g/mol. The van der Waals surface area contributed by atoms with E-state index in [0.29, 0.717) is 16.9 Å². The fourth-order valence-corrected chi connectivity index (χ4v) is 2.31. The predicted molar refractivity (Wildman–Crippen MR) is 84.7 cm³/mol. The summed E-state index contributed by atoms with van der Waals surface area (Å²) in [5.41, 5.74) is 2.15. The minimum absolute atomic E-state index is 0.0218. The topological polar surface area (TPSA) is 55.8 Å². The first-order valence-electron chi connectivity index (χ1n) is 7.06. The standard InChI is InChI=1S/C18H20O4/c1-12(14-5-7-15(21-2)8-6-14)18(20)16-9-4-13(11-19)10-17(16)22-3/h4-10,12,19H,11H2,1-3H3. The van der Waals surface area contributed by atoms with Crippen molar-refractivity contribution in [3.8, 4) is 11.5 Å². The average molecular weight is 300 g/mol. The van der Waals surface area contributed by atoms with Crippen molar-refractivity contribution in [2.75, 3.05) is 14.2 Å². The van der Waals surface area contributed by atoms with Gasteiger partial charge in [-0.3, -0.25) is 4.79 Å². The van der Waals surface area contributed by atoms with E-state index in [4.69, 9.17) is 9.47 Å². The maximum Gasteiger partial charge on any atom is 0.173 e. The highest BCUT2D eigenvalue weighted by Crippen LogP contribution is 2.28. The number of aliphatic hydroxyl groups excluding tert-OH is 1. The molecule has 4 nitrogen and oxygen atoms in total. The molecule has 0 radical (unpaired) electrons. The lowest BCUT2D eigenvalue weighted by Gasteiger charge is -2.14. The third-order valence-corrected chi connectivity index (χ3v) is 3.72. The molecule has 0 aliphatic heterocycles. The van der Waals surface area contributed by atoms with E-state index in [1.54, 1.807) is 25.3 Å². The lowest BCUT2D eigenvalue weighted by molar-refractivity contribution is 0.0963. The lowest BCUT2D eigenvalue weighted by atomic mass is 9.91. The Morgan fingerprint density at radius 2 is 1.77 bits per heavy atom. The first-order valence-corrected chi connectivity index (χ1v) is 7.06. The smallest absolute Gasteiger partial charge is 0.173 e. The molecule has 0 fully saturated rings. The van der Waals surface area contributed by atoms with Gasteiger partial charge in [-0.15, -0.1) is 0 Å². The molecular formula is C18H20O4. The van der Waals surface area contributed by atoms with Crippen molar-refractivity contribution in [3.63, 3.8) is 0 Å². The van der Waals surface area contributed by atoms with Gasteiger partial charge in [-0.2, -0.15) is 0 Å². The van der Waals surface area contributed by atoms with E-state index in [1.165, 1.54) is 7.11 Å². The van der Waals surface area contributed by atoms with E-state index >= 15 is 0 Å². The summed E-state index contributed by atoms with van der Waals surface area (Å²) in [7, 11) is 3.13. The average Bonchev–Trinajstić information content (AvgIpc) is 2.59. The maximum atomic E-state index is 12.7. The van der Waals surface area contributed by atoms with Gasteiger partial charge in [0.05, 0.1) is 26.4 Å². The zero-order valence-corrected chi connectivity index (χ0v) is 13.0. The minimum atomic E-state index is -0.292. The van der Waals surface area contributed by atoms with E-state index in [2.05, 4.69) is 0 Å². The number of Topliss-reactive ketones (excluding diaryl/α,β-unsaturated/α-hetero) is 1. The van der Waals surface area contributed by atoms with Crippen molar-refractivity contribution >= 4 is 5.78 Å². The Morgan fingerprint density at radius 3 is 2.32 bits per heavy atom. The molecule has 116 valence electrons. The number of benzene rings is 2. The molecule has 0 aliphatic carbocycles. The maximum absolute atomic E-state index is 12.7. The van der Waals surface area contributed by atoms with Crippen LogP contribution in [-0.2, 0) is 6.61 Å². The first-order chi connectivity index (χ1) is 10.6. The number of aliphatic hydroxyl groups is 1. The summed E-state index contributed by atoms with van der Waals surface area (Å²) in [5.74, 6) is 0.927. The van der Waals surface area contributed by atoms with Crippen LogP contribution in [0.25, 0.3) is 0 Å². The number of rotatable bonds is 6. The Balaban J connectivity index is 2.29. The predicted octanol–water partition coefficient (Wildman–Crippen LogP) is 3.18. The van der Waals surface area contributed by atoms with Crippen LogP contribution < -0.4 is 9.47 Å². The molecule has 4 heteroatoms. The van der Waals surface area contributed by atoms with Gasteiger partial charge < -0.3 is 14.6 Å². The zero-order valence-electron chi connectivity index (χ0n) is 13.0. The fraction of sp³-hybridized carbons (Fsp3) is 0.278. The molecule has 2 rings (SSSR count). The molecule has 22 heavy (non-hydrogen) atoms. The van der Waals surface area contributed by atoms with Gasteiger partial charge in [0.15, 0.2) is 5.78 Å². The second-order valence-corrected chi connectivity index (χ2v) is 5.05. The number of hydrogen-bond acceptors (Lipinski definition) is 4. The van der Waals surface area contributed by atoms with Crippen molar-refractivity contribution < 1.29 is 19.4 Å². The number of carbonyl (C=O) groups is 1. The summed E-state index contributed by atoms with van der Waals surface area (Å²) in [4.78, 5) is 12.7. The van der Waals surface area contributed by atoms with Gasteiger partial charge >= 0.3 is 0 Å². The SMILES string of the molecule is COc1ccc(C(C)C(=O)c2ccc(CO)cc2OC)cc1. The van der Waals surface area contributed by atoms with E-state index in [-0.39, 0.29) is 18.3 Å². The van der Waals surface area contributed by atoms with E-state index in [0.717, 1.165) is 11.3 Å². The molecule has 0 aliphatic rings. The van der Waals surface area contributed by atoms with Gasteiger partial charge in [-0.25, -0.2) is 0 Å². The first kappa shape index (κ1) is 16.0. The normalized spacial score (nSPS) is 11.8. The van der Waals surface area contributed by atoms with Gasteiger partial charge in [0, 0.05) is 5.92 Å². The van der Waals surface area contributed by atoms with Gasteiger partial charge in [0.1, 0.15) is 11.5 Å². The second kappa shape index (κ2) is 7.09. The highest BCUT2D eigenvalue weighted by molar-refractivity contribution is 6.03. The fourth-order valence-electron chi connectivity index (χ4n) is 2.31. The van der Waals surface area contributed by atoms with E-state index in [1.807, 2.05) is 31.2 Å². The monoisotopic (exact) mass is 300 g/mol. The number of hydrogen-bond donors (Lipinski definition) is 1. The number of methoxy groups -OCH3 is 2. The van der Waals surface area contributed by atoms with Crippen molar-refractivity contribution in [1.29, 1.82) is 0 Å². The van der Waals surface area contributed by atoms with Crippen LogP contribution in [0, 0.1) is 0 Å². The Kier molecular flexibility index (Phi) is 5.17. The Bertz CT molecular complexity index is 647. The summed E-state index contributed by atoms with van der Waals surface area (Å²) >= 11 is 0. The van der Waals surface area contributed by atoms with Gasteiger partial charge in [-0.1, -0.05) is 25.1 Å². The summed E-state index contributed by atoms with van der Waals surface area (Å²) in [6.07, 6.45) is 0. The van der Waals surface area contributed by atoms with Crippen molar-refractivity contribution in [1.82, 2.24) is 0 Å². The summed E-state index contributed by atoms with van der Waals surface area (Å²) in [5, 5.41) is 9.17. The van der Waals surface area contributed by atoms with Gasteiger partial charge in [0.25, 0.3) is 0 Å². The van der Waals surface area contributed by atoms with Crippen molar-refractivity contribution in [2.45, 2.75) is 19.4 Å². The molecule has 0 saturated carbocycles. The van der Waals surface area contributed by atoms with Crippen LogP contribution >= 0.6 is 0 Å². The van der Waals surface area contributed by atoms with Crippen molar-refractivity contribution in [3.05, 3.63) is 59.2 Å². The van der Waals surface area contributed by atoms with Crippen LogP contribution in [0.1, 0.15) is 34.3 Å². The molecule has 0 aromatic heterocycles. The highest BCUT2D eigenvalue weighted by atomic mass is 16.5. The molecule has 0 bridgehead atoms. The van der Waals surface area contributed by atoms with Crippen LogP contribution in [0.3, 0.4) is 0 Å². The molecule has 1 unspecified atom stereocenters. The summed E-state index contributed by atoms with van der Waals surface area (Å²) in [6.45, 7) is 1.78. The molecule has 1 atom stereocenters. The van der Waals surface area contributed by atoms with Gasteiger partial charge in [0.2, 0.25) is 0 Å². The van der Waals surface area contributed by atoms with E-state index < -0.39 is 0 Å². The van der Waals surface area contributed by atoms with Gasteiger partial charge in [-0.05, 0) is 35.4 Å². The number of ether oxygens (including phenoxy) is 2. The zero-order chi connectivity index (χ0) is 16.1. The van der Waals surface area contributed by atoms with Crippen LogP contribution in [0.2, 0.25) is 0 Å². The van der Waals surface area contributed by atoms with Crippen LogP contribution in [0.15, 0.2) is 42.5 Å². The Labute approximate surface area is 130 Å². The van der Waals surface area contributed by atoms with E-state index in [9.17, 15) is 9.90 Å². The molecule has 0 saturated heterocycles. The third kappa shape index (κ3) is 3.28. The summed E-state index contributed by atoms with van der Waals surface area (Å²) < 4.78 is 10.4. The van der Waals surface area contributed by atoms with Crippen LogP contribution in [-0.4, -0.2) is 25.1 Å². The van der Waals surface area contributed by atoms with Crippen LogP contribution in [0.5, 0.6) is 11.5 Å². The Morgan fingerprint density at radius 1 is 1.09 bits per heavy atom. The molecule has 2 aromatic carbocycles. The number of carbonyl (C=O) groups excluding carboxylic acids is 1. The molecule has 0 spiro atoms. The molecule has 2 aromatic rings. The highest BCUT2D eigenvalue weighted by Gasteiger charge is 2.21. The largest absolute Gasteiger partial charge is 0.497 e. The molecule has 0 heterocycles. The quantitative estimate of drug-likeness (QED) is 0.832. The number of ketones is 1. The lowest BCUT2D eigenvalue weighted by Crippen LogP contribution is -2.11.